The van der Waals surface area contributed by atoms with Crippen LogP contribution in [0.15, 0.2) is 58.2 Å². The first-order valence-corrected chi connectivity index (χ1v) is 10.9. The maximum absolute atomic E-state index is 6.05. The molecule has 1 saturated heterocycles. The number of nitrogens with zero attached hydrogens (tertiary/aromatic N) is 5. The Hall–Kier alpha value is -2.40. The van der Waals surface area contributed by atoms with Crippen molar-refractivity contribution in [2.45, 2.75) is 18.9 Å². The second-order valence-electron chi connectivity index (χ2n) is 7.53. The van der Waals surface area contributed by atoms with Crippen LogP contribution in [0.3, 0.4) is 0 Å². The molecule has 4 aromatic rings. The first-order chi connectivity index (χ1) is 14.7. The fraction of sp³-hybridized carbons (Fsp3) is 0.318. The average Bonchev–Trinajstić information content (AvgIpc) is 3.54. The van der Waals surface area contributed by atoms with Crippen LogP contribution in [0.4, 0.5) is 0 Å². The fourth-order valence-corrected chi connectivity index (χ4v) is 4.87. The molecule has 0 aliphatic carbocycles. The van der Waals surface area contributed by atoms with E-state index in [9.17, 15) is 0 Å². The van der Waals surface area contributed by atoms with Gasteiger partial charge in [0.05, 0.1) is 23.0 Å². The van der Waals surface area contributed by atoms with Crippen LogP contribution in [0.5, 0.6) is 0 Å². The van der Waals surface area contributed by atoms with E-state index in [1.165, 1.54) is 10.3 Å². The number of rotatable bonds is 4. The van der Waals surface area contributed by atoms with Crippen LogP contribution >= 0.6 is 35.3 Å². The van der Waals surface area contributed by atoms with Crippen molar-refractivity contribution in [3.63, 3.8) is 0 Å². The van der Waals surface area contributed by atoms with Gasteiger partial charge in [-0.2, -0.15) is 5.10 Å². The van der Waals surface area contributed by atoms with E-state index in [2.05, 4.69) is 37.6 Å². The Morgan fingerprint density at radius 3 is 2.94 bits per heavy atom. The monoisotopic (exact) mass is 548 g/mol. The number of nitrogens with one attached hydrogen (secondary N) is 1. The van der Waals surface area contributed by atoms with Gasteiger partial charge in [0.1, 0.15) is 5.76 Å². The number of fused-ring (bicyclic) bond motifs is 1. The summed E-state index contributed by atoms with van der Waals surface area (Å²) in [6.07, 6.45) is 5.18. The van der Waals surface area contributed by atoms with Gasteiger partial charge < -0.3 is 14.6 Å². The van der Waals surface area contributed by atoms with Crippen molar-refractivity contribution in [2.75, 3.05) is 20.1 Å². The maximum Gasteiger partial charge on any atom is 0.194 e. The molecule has 1 aliphatic heterocycles. The maximum atomic E-state index is 6.05. The van der Waals surface area contributed by atoms with Crippen LogP contribution in [0, 0.1) is 0 Å². The highest BCUT2D eigenvalue weighted by Crippen LogP contribution is 2.31. The van der Waals surface area contributed by atoms with Gasteiger partial charge in [-0.25, -0.2) is 4.98 Å². The van der Waals surface area contributed by atoms with E-state index in [1.54, 1.807) is 11.3 Å². The highest BCUT2D eigenvalue weighted by molar-refractivity contribution is 14.0. The lowest BCUT2D eigenvalue weighted by Gasteiger charge is -2.21. The standard InChI is InChI=1S/C22H24N6OS.HI/c1-23-22(28-10-9-15(14-28)16-11-25-27(2)13-16)24-12-17-7-8-19(29-17)21-26-18-5-3-4-6-20(18)30-21;/h3-8,11,13,15H,9-10,12,14H2,1-2H3,(H,23,24);1H. The van der Waals surface area contributed by atoms with E-state index in [1.807, 2.05) is 55.3 Å². The molecule has 5 rings (SSSR count). The smallest absolute Gasteiger partial charge is 0.194 e. The minimum absolute atomic E-state index is 0. The van der Waals surface area contributed by atoms with Crippen molar-refractivity contribution < 1.29 is 4.42 Å². The summed E-state index contributed by atoms with van der Waals surface area (Å²) in [5.41, 5.74) is 2.30. The number of guanidine groups is 1. The SMILES string of the molecule is CN=C(NCc1ccc(-c2nc3ccccc3s2)o1)N1CCC(c2cnn(C)c2)C1.I. The molecular weight excluding hydrogens is 523 g/mol. The first kappa shape index (κ1) is 21.8. The number of hydrogen-bond donors (Lipinski definition) is 1. The van der Waals surface area contributed by atoms with E-state index in [-0.39, 0.29) is 24.0 Å². The van der Waals surface area contributed by atoms with Gasteiger partial charge >= 0.3 is 0 Å². The molecule has 1 N–H and O–H groups in total. The molecule has 1 fully saturated rings. The molecule has 1 atom stereocenters. The highest BCUT2D eigenvalue weighted by atomic mass is 127. The van der Waals surface area contributed by atoms with E-state index in [4.69, 9.17) is 4.42 Å². The zero-order chi connectivity index (χ0) is 20.5. The van der Waals surface area contributed by atoms with E-state index < -0.39 is 0 Å². The fourth-order valence-electron chi connectivity index (χ4n) is 3.94. The molecule has 31 heavy (non-hydrogen) atoms. The van der Waals surface area contributed by atoms with Crippen molar-refractivity contribution in [3.8, 4) is 10.8 Å². The number of likely N-dealkylation sites (tertiary alicyclic amines) is 1. The summed E-state index contributed by atoms with van der Waals surface area (Å²) in [6, 6.07) is 12.1. The number of benzene rings is 1. The lowest BCUT2D eigenvalue weighted by atomic mass is 10.0. The normalized spacial score (nSPS) is 16.6. The highest BCUT2D eigenvalue weighted by Gasteiger charge is 2.27. The average molecular weight is 548 g/mol. The lowest BCUT2D eigenvalue weighted by molar-refractivity contribution is 0.468. The molecule has 9 heteroatoms. The predicted octanol–water partition coefficient (Wildman–Crippen LogP) is 4.47. The number of furan rings is 1. The van der Waals surface area contributed by atoms with Crippen LogP contribution in [-0.2, 0) is 13.6 Å². The largest absolute Gasteiger partial charge is 0.457 e. The van der Waals surface area contributed by atoms with Crippen molar-refractivity contribution in [2.24, 2.45) is 12.0 Å². The molecule has 3 aromatic heterocycles. The Balaban J connectivity index is 0.00000231. The summed E-state index contributed by atoms with van der Waals surface area (Å²) in [5, 5.41) is 8.65. The Labute approximate surface area is 202 Å². The van der Waals surface area contributed by atoms with Gasteiger partial charge in [0.25, 0.3) is 0 Å². The van der Waals surface area contributed by atoms with Crippen molar-refractivity contribution in [3.05, 3.63) is 60.1 Å². The van der Waals surface area contributed by atoms with Gasteiger partial charge in [-0.1, -0.05) is 12.1 Å². The zero-order valence-electron chi connectivity index (χ0n) is 17.5. The third-order valence-electron chi connectivity index (χ3n) is 5.48. The van der Waals surface area contributed by atoms with Crippen molar-refractivity contribution in [1.29, 1.82) is 0 Å². The molecule has 1 aromatic carbocycles. The first-order valence-electron chi connectivity index (χ1n) is 10.1. The number of thiazole rings is 1. The molecule has 0 amide bonds. The Kier molecular flexibility index (Phi) is 6.61. The summed E-state index contributed by atoms with van der Waals surface area (Å²) in [6.45, 7) is 2.51. The van der Waals surface area contributed by atoms with Gasteiger partial charge in [0, 0.05) is 39.3 Å². The van der Waals surface area contributed by atoms with Crippen LogP contribution in [0.2, 0.25) is 0 Å². The summed E-state index contributed by atoms with van der Waals surface area (Å²) < 4.78 is 9.08. The van der Waals surface area contributed by atoms with Gasteiger partial charge in [0.2, 0.25) is 0 Å². The van der Waals surface area contributed by atoms with E-state index in [0.29, 0.717) is 12.5 Å². The summed E-state index contributed by atoms with van der Waals surface area (Å²) in [7, 11) is 3.79. The van der Waals surface area contributed by atoms with Crippen LogP contribution in [0.25, 0.3) is 21.0 Å². The molecule has 4 heterocycles. The van der Waals surface area contributed by atoms with E-state index in [0.717, 1.165) is 47.5 Å². The second kappa shape index (κ2) is 9.39. The summed E-state index contributed by atoms with van der Waals surface area (Å²) in [4.78, 5) is 11.4. The number of aliphatic imine (C=N–C) groups is 1. The molecule has 1 unspecified atom stereocenters. The number of aryl methyl sites for hydroxylation is 1. The number of para-hydroxylation sites is 1. The Morgan fingerprint density at radius 1 is 1.29 bits per heavy atom. The molecular formula is C22H25IN6OS. The molecule has 1 aliphatic rings. The lowest BCUT2D eigenvalue weighted by Crippen LogP contribution is -2.39. The van der Waals surface area contributed by atoms with Gasteiger partial charge in [0.15, 0.2) is 16.7 Å². The molecule has 162 valence electrons. The molecule has 0 spiro atoms. The minimum Gasteiger partial charge on any atom is -0.457 e. The number of hydrogen-bond acceptors (Lipinski definition) is 5. The van der Waals surface area contributed by atoms with Gasteiger partial charge in [-0.05, 0) is 36.2 Å². The molecule has 0 radical (unpaired) electrons. The van der Waals surface area contributed by atoms with Gasteiger partial charge in [-0.15, -0.1) is 35.3 Å². The molecule has 7 nitrogen and oxygen atoms in total. The van der Waals surface area contributed by atoms with Crippen LogP contribution in [0.1, 0.15) is 23.7 Å². The van der Waals surface area contributed by atoms with Crippen molar-refractivity contribution >= 4 is 51.5 Å². The van der Waals surface area contributed by atoms with E-state index >= 15 is 0 Å². The zero-order valence-corrected chi connectivity index (χ0v) is 20.6. The molecule has 0 saturated carbocycles. The summed E-state index contributed by atoms with van der Waals surface area (Å²) >= 11 is 1.65. The van der Waals surface area contributed by atoms with Gasteiger partial charge in [-0.3, -0.25) is 9.67 Å². The van der Waals surface area contributed by atoms with Crippen LogP contribution < -0.4 is 5.32 Å². The Bertz CT molecular complexity index is 1160. The predicted molar refractivity (Wildman–Crippen MR) is 135 cm³/mol. The van der Waals surface area contributed by atoms with Crippen molar-refractivity contribution in [1.82, 2.24) is 25.0 Å². The number of halogens is 1. The topological polar surface area (TPSA) is 71.5 Å². The third kappa shape index (κ3) is 4.62. The second-order valence-corrected chi connectivity index (χ2v) is 8.56. The quantitative estimate of drug-likeness (QED) is 0.232. The van der Waals surface area contributed by atoms with Crippen LogP contribution in [-0.4, -0.2) is 45.8 Å². The molecule has 0 bridgehead atoms. The number of aromatic nitrogens is 3. The third-order valence-corrected chi connectivity index (χ3v) is 6.53. The minimum atomic E-state index is 0. The Morgan fingerprint density at radius 2 is 2.16 bits per heavy atom. The summed E-state index contributed by atoms with van der Waals surface area (Å²) in [5.74, 6) is 3.07.